The van der Waals surface area contributed by atoms with Gasteiger partial charge >= 0.3 is 6.09 Å². The molecule has 1 spiro atoms. The van der Waals surface area contributed by atoms with Gasteiger partial charge in [-0.1, -0.05) is 0 Å². The summed E-state index contributed by atoms with van der Waals surface area (Å²) in [6.07, 6.45) is 4.76. The molecule has 1 saturated carbocycles. The molecule has 0 aromatic carbocycles. The van der Waals surface area contributed by atoms with E-state index in [-0.39, 0.29) is 11.7 Å². The number of pyridine rings is 1. The molecule has 1 aliphatic heterocycles. The van der Waals surface area contributed by atoms with Gasteiger partial charge in [0.05, 0.1) is 19.4 Å². The minimum atomic E-state index is -0.540. The van der Waals surface area contributed by atoms with Gasteiger partial charge in [0.25, 0.3) is 0 Å². The van der Waals surface area contributed by atoms with Crippen molar-refractivity contribution < 1.29 is 19.0 Å². The van der Waals surface area contributed by atoms with Crippen molar-refractivity contribution >= 4 is 17.0 Å². The second-order valence-electron chi connectivity index (χ2n) is 6.20. The first kappa shape index (κ1) is 15.3. The van der Waals surface area contributed by atoms with Crippen molar-refractivity contribution in [2.45, 2.75) is 37.4 Å². The lowest BCUT2D eigenvalue weighted by Crippen LogP contribution is -2.34. The second-order valence-corrected chi connectivity index (χ2v) is 6.20. The van der Waals surface area contributed by atoms with Crippen molar-refractivity contribution in [1.82, 2.24) is 20.5 Å². The van der Waals surface area contributed by atoms with E-state index in [1.165, 1.54) is 7.05 Å². The van der Waals surface area contributed by atoms with Gasteiger partial charge in [-0.25, -0.2) is 9.78 Å². The molecule has 0 atom stereocenters. The van der Waals surface area contributed by atoms with E-state index in [1.54, 1.807) is 12.3 Å². The molecule has 0 radical (unpaired) electrons. The smallest absolute Gasteiger partial charge is 0.391 e. The van der Waals surface area contributed by atoms with Crippen molar-refractivity contribution in [2.24, 2.45) is 0 Å². The number of hydrogen-bond donors (Lipinski definition) is 2. The molecule has 0 unspecified atom stereocenters. The molecule has 2 aromatic rings. The Labute approximate surface area is 138 Å². The van der Waals surface area contributed by atoms with Crippen LogP contribution in [-0.4, -0.2) is 47.3 Å². The number of hydrogen-bond acceptors (Lipinski definition) is 6. The summed E-state index contributed by atoms with van der Waals surface area (Å²) in [5.74, 6) is 0.240. The first-order valence-electron chi connectivity index (χ1n) is 8.21. The van der Waals surface area contributed by atoms with Crippen molar-refractivity contribution in [3.63, 3.8) is 0 Å². The molecule has 2 aliphatic rings. The minimum absolute atomic E-state index is 0.263. The van der Waals surface area contributed by atoms with Crippen LogP contribution in [0.25, 0.3) is 10.9 Å². The summed E-state index contributed by atoms with van der Waals surface area (Å²) in [6.45, 7) is 1.37. The van der Waals surface area contributed by atoms with E-state index in [1.807, 2.05) is 0 Å². The first-order valence-corrected chi connectivity index (χ1v) is 8.21. The van der Waals surface area contributed by atoms with Crippen LogP contribution in [-0.2, 0) is 9.47 Å². The third-order valence-corrected chi connectivity index (χ3v) is 4.82. The van der Waals surface area contributed by atoms with E-state index < -0.39 is 6.09 Å². The molecule has 1 amide bonds. The van der Waals surface area contributed by atoms with Crippen LogP contribution in [0, 0.1) is 0 Å². The zero-order valence-corrected chi connectivity index (χ0v) is 13.5. The molecule has 2 fully saturated rings. The number of ether oxygens (including phenoxy) is 3. The van der Waals surface area contributed by atoms with Gasteiger partial charge in [0.1, 0.15) is 5.52 Å². The van der Waals surface area contributed by atoms with E-state index in [2.05, 4.69) is 20.5 Å². The Morgan fingerprint density at radius 3 is 2.83 bits per heavy atom. The topological polar surface area (TPSA) is 98.4 Å². The molecule has 1 saturated heterocycles. The standard InChI is InChI=1S/C16H20N4O4/c1-17-15(21)24-13-8-11-12(9-18-13)19-20-14(11)10-2-4-16(5-3-10)22-6-7-23-16/h8-10H,2-7H2,1H3,(H,17,21)(H,19,20). The van der Waals surface area contributed by atoms with Gasteiger partial charge in [0.15, 0.2) is 5.79 Å². The molecular formula is C16H20N4O4. The number of aromatic nitrogens is 3. The van der Waals surface area contributed by atoms with Gasteiger partial charge in [-0.3, -0.25) is 5.10 Å². The average molecular weight is 332 g/mol. The van der Waals surface area contributed by atoms with Gasteiger partial charge in [-0.05, 0) is 12.8 Å². The maximum absolute atomic E-state index is 11.4. The number of H-pyrrole nitrogens is 1. The lowest BCUT2D eigenvalue weighted by Gasteiger charge is -2.35. The van der Waals surface area contributed by atoms with Crippen molar-refractivity contribution in [2.75, 3.05) is 20.3 Å². The van der Waals surface area contributed by atoms with Crippen molar-refractivity contribution in [3.8, 4) is 5.88 Å². The molecule has 3 heterocycles. The van der Waals surface area contributed by atoms with Crippen LogP contribution in [0.1, 0.15) is 37.3 Å². The summed E-state index contributed by atoms with van der Waals surface area (Å²) in [7, 11) is 1.51. The SMILES string of the molecule is CNC(=O)Oc1cc2c(C3CCC4(CC3)OCCO4)[nH]nc2cn1. The maximum atomic E-state index is 11.4. The van der Waals surface area contributed by atoms with Crippen LogP contribution in [0.2, 0.25) is 0 Å². The van der Waals surface area contributed by atoms with Crippen LogP contribution in [0.4, 0.5) is 4.79 Å². The van der Waals surface area contributed by atoms with Gasteiger partial charge in [0, 0.05) is 43.0 Å². The molecule has 128 valence electrons. The Morgan fingerprint density at radius 2 is 2.12 bits per heavy atom. The monoisotopic (exact) mass is 332 g/mol. The number of aromatic amines is 1. The van der Waals surface area contributed by atoms with Gasteiger partial charge in [0.2, 0.25) is 5.88 Å². The predicted molar refractivity (Wildman–Crippen MR) is 84.8 cm³/mol. The third kappa shape index (κ3) is 2.71. The van der Waals surface area contributed by atoms with Gasteiger partial charge in [-0.2, -0.15) is 5.10 Å². The largest absolute Gasteiger partial charge is 0.413 e. The normalized spacial score (nSPS) is 20.5. The van der Waals surface area contributed by atoms with E-state index in [9.17, 15) is 4.79 Å². The van der Waals surface area contributed by atoms with Crippen molar-refractivity contribution in [1.29, 1.82) is 0 Å². The number of nitrogens with one attached hydrogen (secondary N) is 2. The van der Waals surface area contributed by atoms with E-state index in [0.717, 1.165) is 42.3 Å². The van der Waals surface area contributed by atoms with Gasteiger partial charge in [-0.15, -0.1) is 0 Å². The second kappa shape index (κ2) is 6.03. The molecule has 8 heteroatoms. The van der Waals surface area contributed by atoms with Crippen LogP contribution in [0.15, 0.2) is 12.3 Å². The number of amides is 1. The summed E-state index contributed by atoms with van der Waals surface area (Å²) < 4.78 is 16.7. The van der Waals surface area contributed by atoms with Crippen LogP contribution in [0.3, 0.4) is 0 Å². The molecule has 2 aromatic heterocycles. The van der Waals surface area contributed by atoms with E-state index in [0.29, 0.717) is 19.1 Å². The molecule has 8 nitrogen and oxygen atoms in total. The highest BCUT2D eigenvalue weighted by Gasteiger charge is 2.41. The third-order valence-electron chi connectivity index (χ3n) is 4.82. The fourth-order valence-electron chi connectivity index (χ4n) is 3.56. The highest BCUT2D eigenvalue weighted by molar-refractivity contribution is 5.82. The Bertz CT molecular complexity index is 744. The van der Waals surface area contributed by atoms with Crippen molar-refractivity contribution in [3.05, 3.63) is 18.0 Å². The summed E-state index contributed by atoms with van der Waals surface area (Å²) in [4.78, 5) is 15.5. The van der Waals surface area contributed by atoms with Gasteiger partial charge < -0.3 is 19.5 Å². The fraction of sp³-hybridized carbons (Fsp3) is 0.562. The Hall–Kier alpha value is -2.19. The summed E-state index contributed by atoms with van der Waals surface area (Å²) in [5, 5.41) is 10.8. The van der Waals surface area contributed by atoms with E-state index in [4.69, 9.17) is 14.2 Å². The first-order chi connectivity index (χ1) is 11.7. The Balaban J connectivity index is 1.55. The molecule has 2 N–H and O–H groups in total. The van der Waals surface area contributed by atoms with Crippen LogP contribution < -0.4 is 10.1 Å². The molecule has 1 aliphatic carbocycles. The van der Waals surface area contributed by atoms with Crippen LogP contribution in [0.5, 0.6) is 5.88 Å². The summed E-state index contributed by atoms with van der Waals surface area (Å²) in [6, 6.07) is 1.76. The number of carbonyl (C=O) groups excluding carboxylic acids is 1. The Kier molecular flexibility index (Phi) is 3.85. The summed E-state index contributed by atoms with van der Waals surface area (Å²) >= 11 is 0. The van der Waals surface area contributed by atoms with Crippen LogP contribution >= 0.6 is 0 Å². The quantitative estimate of drug-likeness (QED) is 0.873. The lowest BCUT2D eigenvalue weighted by atomic mass is 9.82. The highest BCUT2D eigenvalue weighted by Crippen LogP contribution is 2.43. The zero-order valence-electron chi connectivity index (χ0n) is 13.5. The molecular weight excluding hydrogens is 312 g/mol. The number of carbonyl (C=O) groups is 1. The number of nitrogens with zero attached hydrogens (tertiary/aromatic N) is 2. The summed E-state index contributed by atoms with van der Waals surface area (Å²) in [5.41, 5.74) is 1.82. The molecule has 0 bridgehead atoms. The minimum Gasteiger partial charge on any atom is -0.391 e. The lowest BCUT2D eigenvalue weighted by molar-refractivity contribution is -0.178. The zero-order chi connectivity index (χ0) is 16.6. The number of fused-ring (bicyclic) bond motifs is 1. The fourth-order valence-corrected chi connectivity index (χ4v) is 3.56. The number of rotatable bonds is 2. The maximum Gasteiger partial charge on any atom is 0.413 e. The predicted octanol–water partition coefficient (Wildman–Crippen LogP) is 2.08. The van der Waals surface area contributed by atoms with E-state index >= 15 is 0 Å². The molecule has 4 rings (SSSR count). The average Bonchev–Trinajstić information content (AvgIpc) is 3.23. The Morgan fingerprint density at radius 1 is 1.38 bits per heavy atom. The highest BCUT2D eigenvalue weighted by atomic mass is 16.7. The molecule has 24 heavy (non-hydrogen) atoms.